The van der Waals surface area contributed by atoms with Crippen molar-refractivity contribution in [1.29, 1.82) is 0 Å². The maximum absolute atomic E-state index is 13.7. The zero-order valence-electron chi connectivity index (χ0n) is 10.4. The molecule has 110 valence electrons. The van der Waals surface area contributed by atoms with Gasteiger partial charge < -0.3 is 9.84 Å². The van der Waals surface area contributed by atoms with Crippen LogP contribution in [0.5, 0.6) is 5.75 Å². The first-order valence-electron chi connectivity index (χ1n) is 5.67. The van der Waals surface area contributed by atoms with Crippen molar-refractivity contribution in [1.82, 2.24) is 0 Å². The molecule has 2 aromatic rings. The van der Waals surface area contributed by atoms with Crippen molar-refractivity contribution in [2.45, 2.75) is 6.61 Å². The van der Waals surface area contributed by atoms with E-state index in [2.05, 4.69) is 0 Å². The Morgan fingerprint density at radius 1 is 1.10 bits per heavy atom. The molecule has 0 heterocycles. The lowest BCUT2D eigenvalue weighted by atomic mass is 10.1. The molecule has 0 radical (unpaired) electrons. The van der Waals surface area contributed by atoms with Crippen LogP contribution in [0.15, 0.2) is 30.3 Å². The second-order valence-electron chi connectivity index (χ2n) is 4.09. The molecule has 1 N–H and O–H groups in total. The number of rotatable bonds is 4. The number of aromatic carboxylic acids is 1. The molecule has 0 fully saturated rings. The van der Waals surface area contributed by atoms with Crippen LogP contribution in [0.1, 0.15) is 15.9 Å². The third-order valence-corrected chi connectivity index (χ3v) is 3.39. The summed E-state index contributed by atoms with van der Waals surface area (Å²) in [7, 11) is 0. The molecular formula is C14H8Cl2F2O3. The van der Waals surface area contributed by atoms with E-state index < -0.39 is 23.2 Å². The van der Waals surface area contributed by atoms with Crippen LogP contribution in [0.4, 0.5) is 8.78 Å². The molecule has 0 aromatic heterocycles. The molecule has 0 aliphatic rings. The van der Waals surface area contributed by atoms with Crippen LogP contribution in [-0.4, -0.2) is 11.1 Å². The van der Waals surface area contributed by atoms with Gasteiger partial charge in [0.2, 0.25) is 0 Å². The Morgan fingerprint density at radius 2 is 1.81 bits per heavy atom. The molecule has 2 rings (SSSR count). The van der Waals surface area contributed by atoms with Crippen LogP contribution in [0, 0.1) is 11.6 Å². The lowest BCUT2D eigenvalue weighted by Gasteiger charge is -2.09. The van der Waals surface area contributed by atoms with Crippen LogP contribution < -0.4 is 4.74 Å². The van der Waals surface area contributed by atoms with Crippen LogP contribution in [0.2, 0.25) is 10.0 Å². The summed E-state index contributed by atoms with van der Waals surface area (Å²) in [6.07, 6.45) is 0. The van der Waals surface area contributed by atoms with Crippen molar-refractivity contribution in [3.05, 3.63) is 63.1 Å². The Balaban J connectivity index is 2.18. The smallest absolute Gasteiger partial charge is 0.338 e. The van der Waals surface area contributed by atoms with Gasteiger partial charge in [-0.15, -0.1) is 0 Å². The molecular weight excluding hydrogens is 325 g/mol. The molecule has 21 heavy (non-hydrogen) atoms. The maximum Gasteiger partial charge on any atom is 0.338 e. The van der Waals surface area contributed by atoms with Gasteiger partial charge in [0, 0.05) is 11.6 Å². The zero-order valence-corrected chi connectivity index (χ0v) is 11.9. The molecule has 0 amide bonds. The van der Waals surface area contributed by atoms with E-state index in [-0.39, 0.29) is 17.2 Å². The lowest BCUT2D eigenvalue weighted by molar-refractivity contribution is 0.0691. The van der Waals surface area contributed by atoms with Crippen LogP contribution in [-0.2, 0) is 6.61 Å². The monoisotopic (exact) mass is 332 g/mol. The van der Waals surface area contributed by atoms with Gasteiger partial charge in [0.05, 0.1) is 15.6 Å². The Hall–Kier alpha value is -1.85. The van der Waals surface area contributed by atoms with Gasteiger partial charge in [-0.3, -0.25) is 0 Å². The minimum absolute atomic E-state index is 0.108. The van der Waals surface area contributed by atoms with Gasteiger partial charge in [-0.05, 0) is 24.3 Å². The molecule has 3 nitrogen and oxygen atoms in total. The van der Waals surface area contributed by atoms with Crippen molar-refractivity contribution in [2.24, 2.45) is 0 Å². The predicted molar refractivity (Wildman–Crippen MR) is 74.1 cm³/mol. The first-order chi connectivity index (χ1) is 9.88. The molecule has 0 saturated heterocycles. The van der Waals surface area contributed by atoms with E-state index in [9.17, 15) is 13.6 Å². The molecule has 0 bridgehead atoms. The Morgan fingerprint density at radius 3 is 2.43 bits per heavy atom. The summed E-state index contributed by atoms with van der Waals surface area (Å²) in [5.74, 6) is -3.11. The Kier molecular flexibility index (Phi) is 4.65. The maximum atomic E-state index is 13.7. The fourth-order valence-corrected chi connectivity index (χ4v) is 1.88. The second-order valence-corrected chi connectivity index (χ2v) is 4.91. The third-order valence-electron chi connectivity index (χ3n) is 2.65. The first kappa shape index (κ1) is 15.5. The van der Waals surface area contributed by atoms with E-state index in [1.54, 1.807) is 0 Å². The highest BCUT2D eigenvalue weighted by Gasteiger charge is 2.15. The summed E-state index contributed by atoms with van der Waals surface area (Å²) in [4.78, 5) is 10.7. The number of carbonyl (C=O) groups is 1. The summed E-state index contributed by atoms with van der Waals surface area (Å²) in [6, 6.07) is 5.86. The molecule has 0 unspecified atom stereocenters. The average Bonchev–Trinajstić information content (AvgIpc) is 2.42. The largest absolute Gasteiger partial charge is 0.489 e. The number of carboxylic acids is 1. The highest BCUT2D eigenvalue weighted by molar-refractivity contribution is 6.42. The number of halogens is 4. The van der Waals surface area contributed by atoms with Gasteiger partial charge in [-0.25, -0.2) is 13.6 Å². The van der Waals surface area contributed by atoms with Crippen molar-refractivity contribution in [3.8, 4) is 5.75 Å². The summed E-state index contributed by atoms with van der Waals surface area (Å²) in [5, 5.41) is 9.29. The number of carboxylic acid groups (broad SMARTS) is 1. The summed E-state index contributed by atoms with van der Waals surface area (Å²) in [6.45, 7) is -0.277. The summed E-state index contributed by atoms with van der Waals surface area (Å²) in [5.41, 5.74) is -0.839. The van der Waals surface area contributed by atoms with Crippen molar-refractivity contribution in [3.63, 3.8) is 0 Å². The van der Waals surface area contributed by atoms with Gasteiger partial charge >= 0.3 is 5.97 Å². The van der Waals surface area contributed by atoms with Gasteiger partial charge in [-0.1, -0.05) is 23.2 Å². The van der Waals surface area contributed by atoms with Gasteiger partial charge in [-0.2, -0.15) is 0 Å². The highest BCUT2D eigenvalue weighted by atomic mass is 35.5. The van der Waals surface area contributed by atoms with Gasteiger partial charge in [0.1, 0.15) is 24.0 Å². The fourth-order valence-electron chi connectivity index (χ4n) is 1.59. The number of benzene rings is 2. The molecule has 0 spiro atoms. The van der Waals surface area contributed by atoms with Crippen LogP contribution in [0.25, 0.3) is 0 Å². The van der Waals surface area contributed by atoms with Crippen LogP contribution >= 0.6 is 23.2 Å². The first-order valence-corrected chi connectivity index (χ1v) is 6.43. The van der Waals surface area contributed by atoms with E-state index in [0.717, 1.165) is 6.07 Å². The molecule has 0 aliphatic heterocycles. The zero-order chi connectivity index (χ0) is 15.6. The SMILES string of the molecule is O=C(O)c1cc(F)c(COc2ccc(Cl)c(Cl)c2)cc1F. The van der Waals surface area contributed by atoms with Crippen molar-refractivity contribution in [2.75, 3.05) is 0 Å². The van der Waals surface area contributed by atoms with E-state index in [4.69, 9.17) is 33.0 Å². The van der Waals surface area contributed by atoms with Crippen molar-refractivity contribution >= 4 is 29.2 Å². The molecule has 0 aliphatic carbocycles. The predicted octanol–water partition coefficient (Wildman–Crippen LogP) is 4.55. The quantitative estimate of drug-likeness (QED) is 0.893. The van der Waals surface area contributed by atoms with Gasteiger partial charge in [0.25, 0.3) is 0 Å². The molecule has 2 aromatic carbocycles. The van der Waals surface area contributed by atoms with E-state index in [0.29, 0.717) is 16.8 Å². The lowest BCUT2D eigenvalue weighted by Crippen LogP contribution is -2.06. The Labute approximate surface area is 128 Å². The van der Waals surface area contributed by atoms with Crippen molar-refractivity contribution < 1.29 is 23.4 Å². The fraction of sp³-hybridized carbons (Fsp3) is 0.0714. The summed E-state index contributed by atoms with van der Waals surface area (Å²) < 4.78 is 32.4. The van der Waals surface area contributed by atoms with E-state index in [1.807, 2.05) is 0 Å². The minimum atomic E-state index is -1.54. The topological polar surface area (TPSA) is 46.5 Å². The third kappa shape index (κ3) is 3.62. The molecule has 0 saturated carbocycles. The van der Waals surface area contributed by atoms with E-state index in [1.165, 1.54) is 18.2 Å². The number of hydrogen-bond acceptors (Lipinski definition) is 2. The minimum Gasteiger partial charge on any atom is -0.489 e. The second kappa shape index (κ2) is 6.28. The summed E-state index contributed by atoms with van der Waals surface area (Å²) >= 11 is 11.5. The molecule has 7 heteroatoms. The van der Waals surface area contributed by atoms with E-state index >= 15 is 0 Å². The average molecular weight is 333 g/mol. The van der Waals surface area contributed by atoms with Gasteiger partial charge in [0.15, 0.2) is 0 Å². The molecule has 0 atom stereocenters. The van der Waals surface area contributed by atoms with Crippen LogP contribution in [0.3, 0.4) is 0 Å². The highest BCUT2D eigenvalue weighted by Crippen LogP contribution is 2.27. The standard InChI is InChI=1S/C14H8Cl2F2O3/c15-10-2-1-8(4-11(10)16)21-6-7-3-13(18)9(14(19)20)5-12(7)17/h1-5H,6H2,(H,19,20). The number of hydrogen-bond donors (Lipinski definition) is 1. The normalized spacial score (nSPS) is 10.5. The number of ether oxygens (including phenoxy) is 1. The Bertz CT molecular complexity index is 705.